The molecule has 24 heavy (non-hydrogen) atoms. The Labute approximate surface area is 146 Å². The van der Waals surface area contributed by atoms with Gasteiger partial charge < -0.3 is 10.3 Å². The quantitative estimate of drug-likeness (QED) is 0.693. The molecular formula is C19H21N3OS. The molecule has 3 rings (SSSR count). The van der Waals surface area contributed by atoms with Crippen molar-refractivity contribution in [2.24, 2.45) is 0 Å². The van der Waals surface area contributed by atoms with E-state index < -0.39 is 0 Å². The molecule has 0 atom stereocenters. The van der Waals surface area contributed by atoms with Gasteiger partial charge in [-0.2, -0.15) is 0 Å². The standard InChI is InChI=1S/C19H21N3OS/c1-12-8-15(19-16(9-12)13(2)14(3)22-19)10-21-17(23)11-24-18-6-4-5-7-20-18/h4-9,22H,10-11H2,1-3H3,(H,21,23). The first-order chi connectivity index (χ1) is 11.5. The summed E-state index contributed by atoms with van der Waals surface area (Å²) in [4.78, 5) is 19.8. The summed E-state index contributed by atoms with van der Waals surface area (Å²) in [5, 5.41) is 5.11. The zero-order valence-corrected chi connectivity index (χ0v) is 15.0. The van der Waals surface area contributed by atoms with E-state index in [9.17, 15) is 4.79 Å². The van der Waals surface area contributed by atoms with E-state index >= 15 is 0 Å². The number of H-pyrrole nitrogens is 1. The number of aromatic nitrogens is 2. The van der Waals surface area contributed by atoms with Crippen molar-refractivity contribution < 1.29 is 4.79 Å². The van der Waals surface area contributed by atoms with E-state index in [1.165, 1.54) is 34.0 Å². The van der Waals surface area contributed by atoms with Gasteiger partial charge in [-0.25, -0.2) is 4.98 Å². The zero-order chi connectivity index (χ0) is 17.1. The molecule has 0 aliphatic heterocycles. The maximum atomic E-state index is 12.1. The summed E-state index contributed by atoms with van der Waals surface area (Å²) in [5.41, 5.74) is 5.89. The number of nitrogens with zero attached hydrogens (tertiary/aromatic N) is 1. The number of hydrogen-bond acceptors (Lipinski definition) is 3. The first-order valence-corrected chi connectivity index (χ1v) is 8.92. The van der Waals surface area contributed by atoms with Gasteiger partial charge in [0.1, 0.15) is 0 Å². The number of thioether (sulfide) groups is 1. The number of rotatable bonds is 5. The molecule has 0 unspecified atom stereocenters. The number of aryl methyl sites for hydroxylation is 3. The molecule has 2 N–H and O–H groups in total. The number of aromatic amines is 1. The summed E-state index contributed by atoms with van der Waals surface area (Å²) in [6, 6.07) is 10.0. The lowest BCUT2D eigenvalue weighted by molar-refractivity contribution is -0.118. The van der Waals surface area contributed by atoms with Crippen LogP contribution < -0.4 is 5.32 Å². The second-order valence-corrected chi connectivity index (χ2v) is 6.95. The van der Waals surface area contributed by atoms with E-state index in [1.807, 2.05) is 18.2 Å². The normalized spacial score (nSPS) is 11.0. The topological polar surface area (TPSA) is 57.8 Å². The first kappa shape index (κ1) is 16.6. The van der Waals surface area contributed by atoms with E-state index in [2.05, 4.69) is 48.2 Å². The maximum Gasteiger partial charge on any atom is 0.230 e. The number of pyridine rings is 1. The van der Waals surface area contributed by atoms with Crippen LogP contribution in [0.4, 0.5) is 0 Å². The van der Waals surface area contributed by atoms with E-state index in [0.717, 1.165) is 16.1 Å². The summed E-state index contributed by atoms with van der Waals surface area (Å²) in [5.74, 6) is 0.384. The minimum Gasteiger partial charge on any atom is -0.358 e. The van der Waals surface area contributed by atoms with Crippen LogP contribution in [-0.2, 0) is 11.3 Å². The fraction of sp³-hybridized carbons (Fsp3) is 0.263. The van der Waals surface area contributed by atoms with Crippen LogP contribution in [0.1, 0.15) is 22.4 Å². The van der Waals surface area contributed by atoms with Crippen LogP contribution in [0.3, 0.4) is 0 Å². The molecular weight excluding hydrogens is 318 g/mol. The third-order valence-corrected chi connectivity index (χ3v) is 5.05. The number of hydrogen-bond donors (Lipinski definition) is 2. The first-order valence-electron chi connectivity index (χ1n) is 7.93. The lowest BCUT2D eigenvalue weighted by atomic mass is 10.0. The minimum absolute atomic E-state index is 0.0142. The monoisotopic (exact) mass is 339 g/mol. The molecule has 0 bridgehead atoms. The summed E-state index contributed by atoms with van der Waals surface area (Å²) >= 11 is 1.45. The van der Waals surface area contributed by atoms with Gasteiger partial charge in [0.15, 0.2) is 0 Å². The van der Waals surface area contributed by atoms with Crippen molar-refractivity contribution in [2.45, 2.75) is 32.3 Å². The van der Waals surface area contributed by atoms with Crippen molar-refractivity contribution in [3.05, 3.63) is 58.9 Å². The molecule has 0 fully saturated rings. The SMILES string of the molecule is Cc1cc(CNC(=O)CSc2ccccn2)c2[nH]c(C)c(C)c2c1. The van der Waals surface area contributed by atoms with Crippen LogP contribution in [0.2, 0.25) is 0 Å². The summed E-state index contributed by atoms with van der Waals surface area (Å²) < 4.78 is 0. The highest BCUT2D eigenvalue weighted by atomic mass is 32.2. The van der Waals surface area contributed by atoms with Crippen LogP contribution in [0, 0.1) is 20.8 Å². The van der Waals surface area contributed by atoms with Crippen LogP contribution >= 0.6 is 11.8 Å². The Bertz CT molecular complexity index is 871. The fourth-order valence-electron chi connectivity index (χ4n) is 2.74. The van der Waals surface area contributed by atoms with Gasteiger partial charge in [0, 0.05) is 23.8 Å². The van der Waals surface area contributed by atoms with Gasteiger partial charge in [0.25, 0.3) is 0 Å². The van der Waals surface area contributed by atoms with E-state index in [-0.39, 0.29) is 5.91 Å². The maximum absolute atomic E-state index is 12.1. The molecule has 4 nitrogen and oxygen atoms in total. The Morgan fingerprint density at radius 3 is 2.83 bits per heavy atom. The zero-order valence-electron chi connectivity index (χ0n) is 14.1. The van der Waals surface area contributed by atoms with Crippen LogP contribution in [0.5, 0.6) is 0 Å². The van der Waals surface area contributed by atoms with E-state index in [1.54, 1.807) is 6.20 Å². The van der Waals surface area contributed by atoms with Crippen molar-refractivity contribution in [3.8, 4) is 0 Å². The fourth-order valence-corrected chi connectivity index (χ4v) is 3.44. The van der Waals surface area contributed by atoms with Crippen LogP contribution in [0.15, 0.2) is 41.6 Å². The van der Waals surface area contributed by atoms with Crippen molar-refractivity contribution >= 4 is 28.6 Å². The third kappa shape index (κ3) is 3.62. The number of fused-ring (bicyclic) bond motifs is 1. The summed E-state index contributed by atoms with van der Waals surface area (Å²) in [6.07, 6.45) is 1.74. The van der Waals surface area contributed by atoms with E-state index in [0.29, 0.717) is 12.3 Å². The Hall–Kier alpha value is -2.27. The largest absolute Gasteiger partial charge is 0.358 e. The molecule has 0 spiro atoms. The smallest absolute Gasteiger partial charge is 0.230 e. The van der Waals surface area contributed by atoms with Crippen LogP contribution in [-0.4, -0.2) is 21.6 Å². The molecule has 0 radical (unpaired) electrons. The van der Waals surface area contributed by atoms with Crippen molar-refractivity contribution in [1.82, 2.24) is 15.3 Å². The van der Waals surface area contributed by atoms with Gasteiger partial charge in [-0.05, 0) is 50.1 Å². The predicted molar refractivity (Wildman–Crippen MR) is 99.3 cm³/mol. The van der Waals surface area contributed by atoms with Crippen molar-refractivity contribution in [2.75, 3.05) is 5.75 Å². The Morgan fingerprint density at radius 1 is 1.25 bits per heavy atom. The molecule has 1 aromatic carbocycles. The average Bonchev–Trinajstić information content (AvgIpc) is 2.87. The highest BCUT2D eigenvalue weighted by molar-refractivity contribution is 7.99. The molecule has 0 saturated heterocycles. The Balaban J connectivity index is 1.67. The molecule has 2 heterocycles. The van der Waals surface area contributed by atoms with E-state index in [4.69, 9.17) is 0 Å². The molecule has 5 heteroatoms. The molecule has 124 valence electrons. The Kier molecular flexibility index (Phi) is 4.90. The Morgan fingerprint density at radius 2 is 2.08 bits per heavy atom. The lowest BCUT2D eigenvalue weighted by Gasteiger charge is -2.08. The summed E-state index contributed by atoms with van der Waals surface area (Å²) in [7, 11) is 0. The number of amides is 1. The average molecular weight is 339 g/mol. The molecule has 0 aliphatic carbocycles. The molecule has 3 aromatic rings. The van der Waals surface area contributed by atoms with Gasteiger partial charge in [-0.3, -0.25) is 4.79 Å². The van der Waals surface area contributed by atoms with Gasteiger partial charge in [-0.1, -0.05) is 29.5 Å². The third-order valence-electron chi connectivity index (χ3n) is 4.11. The second-order valence-electron chi connectivity index (χ2n) is 5.95. The summed E-state index contributed by atoms with van der Waals surface area (Å²) in [6.45, 7) is 6.82. The second kappa shape index (κ2) is 7.09. The van der Waals surface area contributed by atoms with Gasteiger partial charge in [0.05, 0.1) is 16.3 Å². The number of benzene rings is 1. The lowest BCUT2D eigenvalue weighted by Crippen LogP contribution is -2.24. The molecule has 1 amide bonds. The van der Waals surface area contributed by atoms with Gasteiger partial charge in [-0.15, -0.1) is 0 Å². The number of carbonyl (C=O) groups excluding carboxylic acids is 1. The van der Waals surface area contributed by atoms with Gasteiger partial charge in [0.2, 0.25) is 5.91 Å². The molecule has 0 aliphatic rings. The van der Waals surface area contributed by atoms with Crippen molar-refractivity contribution in [1.29, 1.82) is 0 Å². The highest BCUT2D eigenvalue weighted by Crippen LogP contribution is 2.26. The number of carbonyl (C=O) groups is 1. The molecule has 2 aromatic heterocycles. The van der Waals surface area contributed by atoms with Gasteiger partial charge >= 0.3 is 0 Å². The minimum atomic E-state index is 0.0142. The number of nitrogens with one attached hydrogen (secondary N) is 2. The highest BCUT2D eigenvalue weighted by Gasteiger charge is 2.11. The predicted octanol–water partition coefficient (Wildman–Crippen LogP) is 3.90. The van der Waals surface area contributed by atoms with Crippen molar-refractivity contribution in [3.63, 3.8) is 0 Å². The molecule has 0 saturated carbocycles. The van der Waals surface area contributed by atoms with Crippen LogP contribution in [0.25, 0.3) is 10.9 Å².